The average Bonchev–Trinajstić information content (AvgIpc) is 3.91. The van der Waals surface area contributed by atoms with Gasteiger partial charge in [0.2, 0.25) is 0 Å². The van der Waals surface area contributed by atoms with Crippen LogP contribution < -0.4 is 0 Å². The highest BCUT2D eigenvalue weighted by Crippen LogP contribution is 2.51. The van der Waals surface area contributed by atoms with Crippen LogP contribution in [-0.4, -0.2) is 22.3 Å². The van der Waals surface area contributed by atoms with Gasteiger partial charge in [0.25, 0.3) is 0 Å². The normalized spacial score (nSPS) is 12.8. The van der Waals surface area contributed by atoms with Crippen molar-refractivity contribution in [2.45, 2.75) is 32.5 Å². The number of benzene rings is 8. The molecular weight excluding hydrogens is 769 g/mol. The fourth-order valence-electron chi connectivity index (χ4n) is 9.90. The molecule has 10 aromatic rings. The molecule has 1 aliphatic rings. The number of para-hydroxylation sites is 2. The molecule has 0 fully saturated rings. The summed E-state index contributed by atoms with van der Waals surface area (Å²) in [5.41, 5.74) is 19.1. The molecule has 1 aliphatic carbocycles. The quantitative estimate of drug-likeness (QED) is 0.102. The number of rotatable bonds is 10. The average molecular weight is 813 g/mol. The molecule has 0 amide bonds. The molecule has 0 unspecified atom stereocenters. The van der Waals surface area contributed by atoms with E-state index in [1.165, 1.54) is 88.1 Å². The number of fused-ring (bicyclic) bond motifs is 9. The third kappa shape index (κ3) is 6.43. The molecule has 63 heavy (non-hydrogen) atoms. The summed E-state index contributed by atoms with van der Waals surface area (Å²) in [7, 11) is 0. The van der Waals surface area contributed by atoms with Crippen molar-refractivity contribution in [2.24, 2.45) is 0 Å². The van der Waals surface area contributed by atoms with E-state index < -0.39 is 0 Å². The minimum absolute atomic E-state index is 0.187. The summed E-state index contributed by atoms with van der Waals surface area (Å²) in [6.45, 7) is 6.36. The van der Waals surface area contributed by atoms with Crippen molar-refractivity contribution in [3.05, 3.63) is 192 Å². The van der Waals surface area contributed by atoms with E-state index in [4.69, 9.17) is 22.3 Å². The Morgan fingerprint density at radius 2 is 0.810 bits per heavy atom. The molecule has 0 aliphatic heterocycles. The fourth-order valence-corrected chi connectivity index (χ4v) is 9.90. The zero-order valence-electron chi connectivity index (χ0n) is 35.4. The molecule has 4 nitrogen and oxygen atoms in total. The van der Waals surface area contributed by atoms with Gasteiger partial charge in [-0.15, -0.1) is 12.8 Å². The van der Waals surface area contributed by atoms with Crippen molar-refractivity contribution >= 4 is 43.6 Å². The van der Waals surface area contributed by atoms with Gasteiger partial charge in [-0.05, 0) is 128 Å². The Bertz CT molecular complexity index is 3260. The largest absolute Gasteiger partial charge is 0.364 e. The van der Waals surface area contributed by atoms with Gasteiger partial charge in [0.1, 0.15) is 13.2 Å². The summed E-state index contributed by atoms with van der Waals surface area (Å²) in [5, 5.41) is 4.93. The van der Waals surface area contributed by atoms with Gasteiger partial charge in [0.15, 0.2) is 0 Å². The van der Waals surface area contributed by atoms with Gasteiger partial charge in [-0.3, -0.25) is 0 Å². The van der Waals surface area contributed by atoms with Crippen LogP contribution in [0.3, 0.4) is 0 Å². The highest BCUT2D eigenvalue weighted by Gasteiger charge is 2.36. The smallest absolute Gasteiger partial charge is 0.107 e. The Kier molecular flexibility index (Phi) is 9.36. The molecule has 2 heterocycles. The number of hydrogen-bond donors (Lipinski definition) is 0. The third-order valence-electron chi connectivity index (χ3n) is 13.0. The summed E-state index contributed by atoms with van der Waals surface area (Å²) < 4.78 is 15.9. The molecular formula is C59H44N2O2. The van der Waals surface area contributed by atoms with E-state index in [0.29, 0.717) is 26.4 Å². The Hall–Kier alpha value is -7.60. The van der Waals surface area contributed by atoms with Crippen LogP contribution in [-0.2, 0) is 28.1 Å². The van der Waals surface area contributed by atoms with Crippen molar-refractivity contribution < 1.29 is 9.47 Å². The van der Waals surface area contributed by atoms with E-state index in [-0.39, 0.29) is 5.41 Å². The second-order valence-corrected chi connectivity index (χ2v) is 17.0. The first kappa shape index (κ1) is 38.3. The Morgan fingerprint density at radius 1 is 0.429 bits per heavy atom. The summed E-state index contributed by atoms with van der Waals surface area (Å²) >= 11 is 0. The fraction of sp³-hybridized carbons (Fsp3) is 0.119. The second-order valence-electron chi connectivity index (χ2n) is 17.0. The highest BCUT2D eigenvalue weighted by atomic mass is 16.5. The molecule has 0 N–H and O–H groups in total. The van der Waals surface area contributed by atoms with Gasteiger partial charge >= 0.3 is 0 Å². The lowest BCUT2D eigenvalue weighted by molar-refractivity contribution is 0.153. The van der Waals surface area contributed by atoms with Crippen LogP contribution in [0.1, 0.15) is 36.1 Å². The number of hydrogen-bond acceptors (Lipinski definition) is 2. The van der Waals surface area contributed by atoms with Crippen molar-refractivity contribution in [1.29, 1.82) is 0 Å². The van der Waals surface area contributed by atoms with Gasteiger partial charge in [0, 0.05) is 38.3 Å². The first-order chi connectivity index (χ1) is 30.9. The van der Waals surface area contributed by atoms with E-state index >= 15 is 0 Å². The number of nitrogens with zero attached hydrogens (tertiary/aromatic N) is 2. The van der Waals surface area contributed by atoms with Gasteiger partial charge < -0.3 is 18.6 Å². The van der Waals surface area contributed by atoms with Crippen molar-refractivity contribution in [2.75, 3.05) is 13.2 Å². The van der Waals surface area contributed by atoms with E-state index in [1.54, 1.807) is 0 Å². The van der Waals surface area contributed by atoms with Gasteiger partial charge in [0.05, 0.1) is 35.3 Å². The SMILES string of the molecule is C#CCOCc1ccc(-n2c3ccccc3c3cc(-c4ccc5c(c4)C(C)(C)c4cc(-c6ccc7c(c6)c6ccccc6n7-c6ccc(COCC#C)cc6)ccc4-5)ccc32)cc1. The maximum atomic E-state index is 5.58. The van der Waals surface area contributed by atoms with Crippen LogP contribution in [0.25, 0.3) is 88.4 Å². The standard InChI is InChI=1S/C59H44N2O2/c1-5-31-62-37-39-15-23-45(24-16-39)60-55-13-9-7-11-49(55)51-33-41(21-29-57(51)60)43-19-27-47-48-28-20-44(36-54(48)59(3,4)53(47)35-43)42-22-30-58-52(34-42)50-12-8-10-14-56(50)61(58)46-25-17-40(18-26-46)38-63-32-6-2/h1-2,7-30,33-36H,31-32,37-38H2,3-4H3. The van der Waals surface area contributed by atoms with Gasteiger partial charge in [-0.25, -0.2) is 0 Å². The van der Waals surface area contributed by atoms with E-state index in [2.05, 4.69) is 205 Å². The molecule has 302 valence electrons. The van der Waals surface area contributed by atoms with E-state index in [1.807, 2.05) is 0 Å². The van der Waals surface area contributed by atoms with Crippen molar-refractivity contribution in [1.82, 2.24) is 9.13 Å². The molecule has 4 heteroatoms. The predicted molar refractivity (Wildman–Crippen MR) is 261 cm³/mol. The van der Waals surface area contributed by atoms with E-state index in [9.17, 15) is 0 Å². The molecule has 0 atom stereocenters. The molecule has 0 saturated heterocycles. The number of ether oxygens (including phenoxy) is 2. The maximum absolute atomic E-state index is 5.58. The minimum atomic E-state index is -0.187. The topological polar surface area (TPSA) is 28.3 Å². The Balaban J connectivity index is 0.924. The second kappa shape index (κ2) is 15.4. The molecule has 0 bridgehead atoms. The van der Waals surface area contributed by atoms with Crippen LogP contribution in [0, 0.1) is 24.7 Å². The molecule has 0 saturated carbocycles. The third-order valence-corrected chi connectivity index (χ3v) is 13.0. The summed E-state index contributed by atoms with van der Waals surface area (Å²) in [4.78, 5) is 0. The molecule has 8 aromatic carbocycles. The lowest BCUT2D eigenvalue weighted by Gasteiger charge is -2.22. The molecule has 0 radical (unpaired) electrons. The van der Waals surface area contributed by atoms with Crippen LogP contribution in [0.4, 0.5) is 0 Å². The van der Waals surface area contributed by atoms with Crippen molar-refractivity contribution in [3.63, 3.8) is 0 Å². The lowest BCUT2D eigenvalue weighted by Crippen LogP contribution is -2.15. The zero-order valence-corrected chi connectivity index (χ0v) is 35.4. The van der Waals surface area contributed by atoms with Crippen LogP contribution in [0.15, 0.2) is 170 Å². The highest BCUT2D eigenvalue weighted by molar-refractivity contribution is 6.11. The first-order valence-corrected chi connectivity index (χ1v) is 21.5. The summed E-state index contributed by atoms with van der Waals surface area (Å²) in [6, 6.07) is 62.4. The number of aromatic nitrogens is 2. The number of terminal acetylenes is 2. The van der Waals surface area contributed by atoms with Gasteiger partial charge in [-0.2, -0.15) is 0 Å². The van der Waals surface area contributed by atoms with Gasteiger partial charge in [-0.1, -0.05) is 123 Å². The monoisotopic (exact) mass is 812 g/mol. The summed E-state index contributed by atoms with van der Waals surface area (Å²) in [5.74, 6) is 5.08. The Labute approximate surface area is 368 Å². The molecule has 11 rings (SSSR count). The molecule has 2 aromatic heterocycles. The maximum Gasteiger partial charge on any atom is 0.107 e. The zero-order chi connectivity index (χ0) is 42.7. The Morgan fingerprint density at radius 3 is 1.24 bits per heavy atom. The van der Waals surface area contributed by atoms with Crippen molar-refractivity contribution in [3.8, 4) is 69.4 Å². The first-order valence-electron chi connectivity index (χ1n) is 21.5. The van der Waals surface area contributed by atoms with Crippen LogP contribution in [0.5, 0.6) is 0 Å². The predicted octanol–water partition coefficient (Wildman–Crippen LogP) is 13.8. The molecule has 0 spiro atoms. The lowest BCUT2D eigenvalue weighted by atomic mass is 9.80. The van der Waals surface area contributed by atoms with Crippen LogP contribution >= 0.6 is 0 Å². The minimum Gasteiger partial charge on any atom is -0.364 e. The summed E-state index contributed by atoms with van der Waals surface area (Å²) in [6.07, 6.45) is 10.8. The van der Waals surface area contributed by atoms with Crippen LogP contribution in [0.2, 0.25) is 0 Å². The van der Waals surface area contributed by atoms with E-state index in [0.717, 1.165) is 22.5 Å².